The van der Waals surface area contributed by atoms with Gasteiger partial charge in [-0.05, 0) is 31.0 Å². The van der Waals surface area contributed by atoms with Crippen LogP contribution in [0.2, 0.25) is 0 Å². The molecule has 0 radical (unpaired) electrons. The van der Waals surface area contributed by atoms with Gasteiger partial charge in [0.15, 0.2) is 0 Å². The van der Waals surface area contributed by atoms with Crippen LogP contribution in [-0.4, -0.2) is 27.2 Å². The van der Waals surface area contributed by atoms with Gasteiger partial charge in [-0.15, -0.1) is 0 Å². The molecule has 1 heterocycles. The number of hydrogen-bond acceptors (Lipinski definition) is 4. The molecule has 1 atom stereocenters. The van der Waals surface area contributed by atoms with Gasteiger partial charge in [0.05, 0.1) is 16.5 Å². The van der Waals surface area contributed by atoms with Gasteiger partial charge in [0, 0.05) is 13.1 Å². The van der Waals surface area contributed by atoms with Crippen molar-refractivity contribution in [2.75, 3.05) is 11.4 Å². The Bertz CT molecular complexity index is 847. The molecule has 0 saturated heterocycles. The van der Waals surface area contributed by atoms with Gasteiger partial charge in [0.25, 0.3) is 0 Å². The zero-order chi connectivity index (χ0) is 17.9. The molecular weight excluding hydrogens is 317 g/mol. The minimum Gasteiger partial charge on any atom is -0.388 e. The molecule has 1 unspecified atom stereocenters. The third kappa shape index (κ3) is 3.94. The van der Waals surface area contributed by atoms with Crippen molar-refractivity contribution >= 4 is 16.7 Å². The lowest BCUT2D eigenvalue weighted by Crippen LogP contribution is -2.40. The number of hydrogen-bond donors (Lipinski definition) is 1. The van der Waals surface area contributed by atoms with E-state index in [0.29, 0.717) is 36.2 Å². The van der Waals surface area contributed by atoms with Gasteiger partial charge < -0.3 is 10.0 Å². The molecule has 0 aliphatic heterocycles. The van der Waals surface area contributed by atoms with Crippen molar-refractivity contribution in [2.45, 2.75) is 32.4 Å². The van der Waals surface area contributed by atoms with E-state index in [1.165, 1.54) is 12.4 Å². The van der Waals surface area contributed by atoms with Gasteiger partial charge >= 0.3 is 0 Å². The van der Waals surface area contributed by atoms with Gasteiger partial charge in [-0.1, -0.05) is 43.3 Å². The Hall–Kier alpha value is -2.53. The summed E-state index contributed by atoms with van der Waals surface area (Å²) in [6.45, 7) is 4.58. The Kier molecular flexibility index (Phi) is 4.95. The average Bonchev–Trinajstić information content (AvgIpc) is 2.62. The molecule has 3 aromatic rings. The van der Waals surface area contributed by atoms with E-state index in [1.807, 2.05) is 42.2 Å². The summed E-state index contributed by atoms with van der Waals surface area (Å²) in [6.07, 6.45) is 2.03. The van der Waals surface area contributed by atoms with E-state index >= 15 is 0 Å². The minimum absolute atomic E-state index is 0.346. The molecule has 0 amide bonds. The molecule has 3 rings (SSSR count). The van der Waals surface area contributed by atoms with Crippen molar-refractivity contribution < 1.29 is 9.50 Å². The molecule has 1 N–H and O–H groups in total. The monoisotopic (exact) mass is 339 g/mol. The zero-order valence-corrected chi connectivity index (χ0v) is 14.5. The second-order valence-electron chi connectivity index (χ2n) is 6.52. The first kappa shape index (κ1) is 17.3. The largest absolute Gasteiger partial charge is 0.388 e. The van der Waals surface area contributed by atoms with Gasteiger partial charge in [0.1, 0.15) is 18.0 Å². The fraction of sp³-hybridized carbons (Fsp3) is 0.300. The summed E-state index contributed by atoms with van der Waals surface area (Å²) in [6, 6.07) is 14.7. The quantitative estimate of drug-likeness (QED) is 0.739. The van der Waals surface area contributed by atoms with Crippen molar-refractivity contribution in [1.82, 2.24) is 9.97 Å². The van der Waals surface area contributed by atoms with Gasteiger partial charge in [-0.2, -0.15) is 0 Å². The number of aromatic nitrogens is 2. The summed E-state index contributed by atoms with van der Waals surface area (Å²) in [7, 11) is 0. The third-order valence-corrected chi connectivity index (χ3v) is 4.40. The van der Waals surface area contributed by atoms with E-state index in [0.717, 1.165) is 5.56 Å². The molecule has 0 aliphatic rings. The van der Waals surface area contributed by atoms with Crippen LogP contribution in [0.1, 0.15) is 25.8 Å². The van der Waals surface area contributed by atoms with Crippen molar-refractivity contribution in [3.05, 3.63) is 66.2 Å². The van der Waals surface area contributed by atoms with Crippen LogP contribution in [-0.2, 0) is 6.54 Å². The molecule has 0 bridgehead atoms. The number of anilines is 1. The molecule has 130 valence electrons. The van der Waals surface area contributed by atoms with Crippen LogP contribution in [0.25, 0.3) is 10.9 Å². The van der Waals surface area contributed by atoms with E-state index in [9.17, 15) is 9.50 Å². The van der Waals surface area contributed by atoms with Crippen LogP contribution >= 0.6 is 0 Å². The maximum absolute atomic E-state index is 14.5. The topological polar surface area (TPSA) is 49.2 Å². The normalized spacial score (nSPS) is 13.6. The summed E-state index contributed by atoms with van der Waals surface area (Å²) in [5, 5.41) is 11.0. The lowest BCUT2D eigenvalue weighted by atomic mass is 10.0. The first-order chi connectivity index (χ1) is 12.0. The second kappa shape index (κ2) is 7.15. The Morgan fingerprint density at radius 3 is 2.56 bits per heavy atom. The van der Waals surface area contributed by atoms with Crippen molar-refractivity contribution in [1.29, 1.82) is 0 Å². The fourth-order valence-electron chi connectivity index (χ4n) is 2.82. The predicted octanol–water partition coefficient (Wildman–Crippen LogP) is 3.94. The molecule has 0 saturated carbocycles. The number of aliphatic hydroxyl groups is 1. The van der Waals surface area contributed by atoms with Crippen LogP contribution < -0.4 is 4.90 Å². The lowest BCUT2D eigenvalue weighted by molar-refractivity contribution is 0.0625. The Labute approximate surface area is 147 Å². The Morgan fingerprint density at radius 1 is 1.08 bits per heavy atom. The van der Waals surface area contributed by atoms with Gasteiger partial charge in [-0.25, -0.2) is 14.4 Å². The Balaban J connectivity index is 2.08. The first-order valence-electron chi connectivity index (χ1n) is 8.40. The molecule has 5 heteroatoms. The lowest BCUT2D eigenvalue weighted by Gasteiger charge is -2.32. The number of halogens is 1. The standard InChI is InChI=1S/C20H22FN3O/c1-3-20(2,25)13-24(12-15-8-5-4-6-9-15)19-18-16(21)10-7-11-17(18)22-14-23-19/h4-11,14,25H,3,12-13H2,1-2H3. The molecule has 0 fully saturated rings. The highest BCUT2D eigenvalue weighted by Gasteiger charge is 2.25. The van der Waals surface area contributed by atoms with E-state index in [4.69, 9.17) is 0 Å². The molecule has 0 spiro atoms. The van der Waals surface area contributed by atoms with Crippen molar-refractivity contribution in [3.8, 4) is 0 Å². The van der Waals surface area contributed by atoms with Crippen LogP contribution in [0.3, 0.4) is 0 Å². The van der Waals surface area contributed by atoms with Crippen LogP contribution in [0.4, 0.5) is 10.2 Å². The predicted molar refractivity (Wildman–Crippen MR) is 97.9 cm³/mol. The first-order valence-corrected chi connectivity index (χ1v) is 8.40. The summed E-state index contributed by atoms with van der Waals surface area (Å²) in [4.78, 5) is 10.4. The Morgan fingerprint density at radius 2 is 1.84 bits per heavy atom. The summed E-state index contributed by atoms with van der Waals surface area (Å²) >= 11 is 0. The number of benzene rings is 2. The van der Waals surface area contributed by atoms with E-state index < -0.39 is 5.60 Å². The molecule has 1 aromatic heterocycles. The third-order valence-electron chi connectivity index (χ3n) is 4.40. The molecule has 0 aliphatic carbocycles. The number of nitrogens with zero attached hydrogens (tertiary/aromatic N) is 3. The molecule has 4 nitrogen and oxygen atoms in total. The highest BCUT2D eigenvalue weighted by atomic mass is 19.1. The van der Waals surface area contributed by atoms with Crippen molar-refractivity contribution in [3.63, 3.8) is 0 Å². The number of rotatable bonds is 6. The van der Waals surface area contributed by atoms with E-state index in [2.05, 4.69) is 9.97 Å². The number of fused-ring (bicyclic) bond motifs is 1. The van der Waals surface area contributed by atoms with Crippen LogP contribution in [0.15, 0.2) is 54.9 Å². The second-order valence-corrected chi connectivity index (χ2v) is 6.52. The molecular formula is C20H22FN3O. The smallest absolute Gasteiger partial charge is 0.143 e. The summed E-state index contributed by atoms with van der Waals surface area (Å²) in [5.74, 6) is 0.142. The maximum Gasteiger partial charge on any atom is 0.143 e. The summed E-state index contributed by atoms with van der Waals surface area (Å²) in [5.41, 5.74) is 0.717. The fourth-order valence-corrected chi connectivity index (χ4v) is 2.82. The van der Waals surface area contributed by atoms with Crippen LogP contribution in [0.5, 0.6) is 0 Å². The highest BCUT2D eigenvalue weighted by molar-refractivity contribution is 5.89. The van der Waals surface area contributed by atoms with Crippen LogP contribution in [0, 0.1) is 5.82 Å². The zero-order valence-electron chi connectivity index (χ0n) is 14.5. The van der Waals surface area contributed by atoms with Gasteiger partial charge in [-0.3, -0.25) is 0 Å². The van der Waals surface area contributed by atoms with Gasteiger partial charge in [0.2, 0.25) is 0 Å². The molecule has 25 heavy (non-hydrogen) atoms. The maximum atomic E-state index is 14.5. The van der Waals surface area contributed by atoms with Crippen molar-refractivity contribution in [2.24, 2.45) is 0 Å². The van der Waals surface area contributed by atoms with E-state index in [1.54, 1.807) is 19.1 Å². The average molecular weight is 339 g/mol. The molecule has 2 aromatic carbocycles. The minimum atomic E-state index is -0.905. The highest BCUT2D eigenvalue weighted by Crippen LogP contribution is 2.28. The SMILES string of the molecule is CCC(C)(O)CN(Cc1ccccc1)c1ncnc2cccc(F)c12. The van der Waals surface area contributed by atoms with E-state index in [-0.39, 0.29) is 5.82 Å². The summed E-state index contributed by atoms with van der Waals surface area (Å²) < 4.78 is 14.5.